The Balaban J connectivity index is 0.00000264. The van der Waals surface area contributed by atoms with Crippen molar-refractivity contribution in [3.63, 3.8) is 0 Å². The van der Waals surface area contributed by atoms with Crippen LogP contribution in [0.5, 0.6) is 0 Å². The fourth-order valence-corrected chi connectivity index (χ4v) is 4.47. The molecule has 1 saturated carbocycles. The molecule has 2 aliphatic rings. The molecule has 0 aromatic heterocycles. The maximum Gasteiger partial charge on any atom is 0.191 e. The fraction of sp³-hybridized carbons (Fsp3) is 0.941. The quantitative estimate of drug-likeness (QED) is 0.380. The van der Waals surface area contributed by atoms with E-state index in [2.05, 4.69) is 40.6 Å². The molecular formula is C17H35IN4S. The van der Waals surface area contributed by atoms with E-state index in [-0.39, 0.29) is 24.0 Å². The van der Waals surface area contributed by atoms with Gasteiger partial charge in [-0.1, -0.05) is 6.92 Å². The van der Waals surface area contributed by atoms with E-state index < -0.39 is 0 Å². The third-order valence-electron chi connectivity index (χ3n) is 5.16. The molecule has 4 atom stereocenters. The molecule has 1 heterocycles. The molecule has 0 spiro atoms. The van der Waals surface area contributed by atoms with E-state index in [9.17, 15) is 0 Å². The number of nitrogens with zero attached hydrogens (tertiary/aromatic N) is 2. The first-order valence-corrected chi connectivity index (χ1v) is 10.1. The summed E-state index contributed by atoms with van der Waals surface area (Å²) in [6.07, 6.45) is 8.82. The standard InChI is InChI=1S/C17H34N4S.HI/c1-13-6-5-9-21(12-13)14(2)11-19-17(18-3)20-15-7-8-16(10-15)22-4;/h13-16H,5-12H2,1-4H3,(H2,18,19,20);1H. The van der Waals surface area contributed by atoms with Crippen LogP contribution in [-0.2, 0) is 0 Å². The first-order chi connectivity index (χ1) is 10.6. The van der Waals surface area contributed by atoms with Gasteiger partial charge in [0, 0.05) is 37.5 Å². The van der Waals surface area contributed by atoms with E-state index in [0.29, 0.717) is 12.1 Å². The molecular weight excluding hydrogens is 419 g/mol. The Kier molecular flexibility index (Phi) is 10.2. The number of hydrogen-bond acceptors (Lipinski definition) is 3. The highest BCUT2D eigenvalue weighted by Crippen LogP contribution is 2.28. The summed E-state index contributed by atoms with van der Waals surface area (Å²) in [5, 5.41) is 7.96. The van der Waals surface area contributed by atoms with Crippen LogP contribution in [0.2, 0.25) is 0 Å². The predicted octanol–water partition coefficient (Wildman–Crippen LogP) is 3.17. The van der Waals surface area contributed by atoms with Crippen LogP contribution in [0.4, 0.5) is 0 Å². The summed E-state index contributed by atoms with van der Waals surface area (Å²) in [5.41, 5.74) is 0. The molecule has 1 aliphatic carbocycles. The molecule has 4 nitrogen and oxygen atoms in total. The van der Waals surface area contributed by atoms with Gasteiger partial charge in [0.2, 0.25) is 0 Å². The summed E-state index contributed by atoms with van der Waals surface area (Å²) < 4.78 is 0. The molecule has 0 aromatic rings. The summed E-state index contributed by atoms with van der Waals surface area (Å²) in [4.78, 5) is 7.02. The summed E-state index contributed by atoms with van der Waals surface area (Å²) in [5.74, 6) is 1.82. The van der Waals surface area contributed by atoms with Gasteiger partial charge in [0.05, 0.1) is 0 Å². The molecule has 0 radical (unpaired) electrons. The van der Waals surface area contributed by atoms with Crippen LogP contribution in [0.15, 0.2) is 4.99 Å². The van der Waals surface area contributed by atoms with E-state index in [1.807, 2.05) is 18.8 Å². The number of guanidine groups is 1. The molecule has 2 rings (SSSR count). The summed E-state index contributed by atoms with van der Waals surface area (Å²) in [6, 6.07) is 1.16. The van der Waals surface area contributed by atoms with Gasteiger partial charge < -0.3 is 10.6 Å². The lowest BCUT2D eigenvalue weighted by Crippen LogP contribution is -2.50. The zero-order valence-electron chi connectivity index (χ0n) is 15.2. The van der Waals surface area contributed by atoms with Gasteiger partial charge in [0.25, 0.3) is 0 Å². The molecule has 0 bridgehead atoms. The Hall–Kier alpha value is 0.310. The first-order valence-electron chi connectivity index (χ1n) is 8.86. The van der Waals surface area contributed by atoms with Crippen molar-refractivity contribution in [1.29, 1.82) is 0 Å². The van der Waals surface area contributed by atoms with Gasteiger partial charge in [0.15, 0.2) is 5.96 Å². The molecule has 0 amide bonds. The van der Waals surface area contributed by atoms with Crippen LogP contribution in [-0.4, -0.2) is 61.1 Å². The van der Waals surface area contributed by atoms with Crippen molar-refractivity contribution in [3.8, 4) is 0 Å². The second-order valence-electron chi connectivity index (χ2n) is 7.06. The Morgan fingerprint density at radius 3 is 2.74 bits per heavy atom. The number of aliphatic imine (C=N–C) groups is 1. The smallest absolute Gasteiger partial charge is 0.191 e. The zero-order valence-corrected chi connectivity index (χ0v) is 18.3. The Morgan fingerprint density at radius 1 is 1.35 bits per heavy atom. The Bertz CT molecular complexity index is 367. The lowest BCUT2D eigenvalue weighted by Gasteiger charge is -2.35. The molecule has 6 heteroatoms. The highest BCUT2D eigenvalue weighted by atomic mass is 127. The molecule has 4 unspecified atom stereocenters. The van der Waals surface area contributed by atoms with Gasteiger partial charge in [-0.05, 0) is 57.7 Å². The topological polar surface area (TPSA) is 39.7 Å². The van der Waals surface area contributed by atoms with Crippen LogP contribution in [0.25, 0.3) is 0 Å². The SMILES string of the molecule is CN=C(NCC(C)N1CCCC(C)C1)NC1CCC(SC)C1.I. The van der Waals surface area contributed by atoms with Crippen molar-refractivity contribution < 1.29 is 0 Å². The second kappa shape index (κ2) is 11.0. The lowest BCUT2D eigenvalue weighted by molar-refractivity contribution is 0.139. The van der Waals surface area contributed by atoms with Crippen molar-refractivity contribution in [2.24, 2.45) is 10.9 Å². The van der Waals surface area contributed by atoms with Crippen molar-refractivity contribution >= 4 is 41.7 Å². The molecule has 1 saturated heterocycles. The molecule has 0 aromatic carbocycles. The minimum absolute atomic E-state index is 0. The van der Waals surface area contributed by atoms with Crippen molar-refractivity contribution in [1.82, 2.24) is 15.5 Å². The summed E-state index contributed by atoms with van der Waals surface area (Å²) in [7, 11) is 1.88. The molecule has 2 fully saturated rings. The maximum absolute atomic E-state index is 4.40. The highest BCUT2D eigenvalue weighted by molar-refractivity contribution is 14.0. The van der Waals surface area contributed by atoms with Crippen molar-refractivity contribution in [2.45, 2.75) is 63.3 Å². The highest BCUT2D eigenvalue weighted by Gasteiger charge is 2.25. The third kappa shape index (κ3) is 6.98. The van der Waals surface area contributed by atoms with Crippen LogP contribution in [0.3, 0.4) is 0 Å². The number of piperidine rings is 1. The van der Waals surface area contributed by atoms with Gasteiger partial charge in [-0.25, -0.2) is 0 Å². The van der Waals surface area contributed by atoms with Gasteiger partial charge in [-0.2, -0.15) is 11.8 Å². The second-order valence-corrected chi connectivity index (χ2v) is 8.19. The minimum atomic E-state index is 0. The lowest BCUT2D eigenvalue weighted by atomic mass is 9.99. The van der Waals surface area contributed by atoms with Gasteiger partial charge >= 0.3 is 0 Å². The van der Waals surface area contributed by atoms with Gasteiger partial charge in [0.1, 0.15) is 0 Å². The largest absolute Gasteiger partial charge is 0.355 e. The Labute approximate surface area is 164 Å². The number of nitrogens with one attached hydrogen (secondary N) is 2. The zero-order chi connectivity index (χ0) is 15.9. The number of thioether (sulfide) groups is 1. The fourth-order valence-electron chi connectivity index (χ4n) is 3.67. The number of halogens is 1. The van der Waals surface area contributed by atoms with Crippen molar-refractivity contribution in [2.75, 3.05) is 32.9 Å². The predicted molar refractivity (Wildman–Crippen MR) is 114 cm³/mol. The van der Waals surface area contributed by atoms with Crippen LogP contribution < -0.4 is 10.6 Å². The summed E-state index contributed by atoms with van der Waals surface area (Å²) in [6.45, 7) is 8.17. The maximum atomic E-state index is 4.40. The number of likely N-dealkylation sites (tertiary alicyclic amines) is 1. The van der Waals surface area contributed by atoms with Crippen LogP contribution in [0.1, 0.15) is 46.0 Å². The summed E-state index contributed by atoms with van der Waals surface area (Å²) >= 11 is 2.00. The van der Waals surface area contributed by atoms with E-state index in [0.717, 1.165) is 23.7 Å². The van der Waals surface area contributed by atoms with E-state index in [4.69, 9.17) is 0 Å². The van der Waals surface area contributed by atoms with Crippen LogP contribution in [0, 0.1) is 5.92 Å². The Morgan fingerprint density at radius 2 is 2.13 bits per heavy atom. The van der Waals surface area contributed by atoms with Gasteiger partial charge in [-0.3, -0.25) is 9.89 Å². The van der Waals surface area contributed by atoms with Crippen LogP contribution >= 0.6 is 35.7 Å². The molecule has 2 N–H and O–H groups in total. The average molecular weight is 454 g/mol. The van der Waals surface area contributed by atoms with Crippen molar-refractivity contribution in [3.05, 3.63) is 0 Å². The average Bonchev–Trinajstić information content (AvgIpc) is 2.98. The monoisotopic (exact) mass is 454 g/mol. The minimum Gasteiger partial charge on any atom is -0.355 e. The third-order valence-corrected chi connectivity index (χ3v) is 6.25. The molecule has 136 valence electrons. The number of hydrogen-bond donors (Lipinski definition) is 2. The van der Waals surface area contributed by atoms with Gasteiger partial charge in [-0.15, -0.1) is 24.0 Å². The van der Waals surface area contributed by atoms with E-state index in [1.54, 1.807) is 0 Å². The molecule has 1 aliphatic heterocycles. The molecule has 23 heavy (non-hydrogen) atoms. The normalized spacial score (nSPS) is 30.6. The first kappa shape index (κ1) is 21.4. The van der Waals surface area contributed by atoms with E-state index in [1.165, 1.54) is 45.2 Å². The number of rotatable bonds is 5. The van der Waals surface area contributed by atoms with E-state index >= 15 is 0 Å².